The second-order valence-electron chi connectivity index (χ2n) is 7.68. The summed E-state index contributed by atoms with van der Waals surface area (Å²) in [7, 11) is 1.38. The third-order valence-electron chi connectivity index (χ3n) is 5.73. The summed E-state index contributed by atoms with van der Waals surface area (Å²) in [6.45, 7) is 0.514. The Kier molecular flexibility index (Phi) is 5.66. The molecule has 1 aliphatic heterocycles. The molecule has 0 amide bonds. The number of nitrogens with one attached hydrogen (secondary N) is 1. The van der Waals surface area contributed by atoms with Crippen LogP contribution in [0, 0.1) is 0 Å². The first-order valence-electron chi connectivity index (χ1n) is 10.5. The molecule has 5 rings (SSSR count). The Hall–Kier alpha value is -3.91. The number of esters is 1. The van der Waals surface area contributed by atoms with Crippen molar-refractivity contribution in [1.29, 1.82) is 0 Å². The van der Waals surface area contributed by atoms with Gasteiger partial charge in [-0.2, -0.15) is 0 Å². The molecule has 1 saturated heterocycles. The van der Waals surface area contributed by atoms with Gasteiger partial charge in [0.05, 0.1) is 43.3 Å². The van der Waals surface area contributed by atoms with Gasteiger partial charge >= 0.3 is 5.97 Å². The summed E-state index contributed by atoms with van der Waals surface area (Å²) in [6, 6.07) is 20.8. The predicted molar refractivity (Wildman–Crippen MR) is 127 cm³/mol. The third kappa shape index (κ3) is 4.01. The van der Waals surface area contributed by atoms with E-state index in [1.54, 1.807) is 18.5 Å². The number of pyridine rings is 1. The minimum atomic E-state index is -0.375. The van der Waals surface area contributed by atoms with Gasteiger partial charge in [-0.1, -0.05) is 12.1 Å². The normalized spacial score (nSPS) is 17.7. The van der Waals surface area contributed by atoms with Crippen LogP contribution in [-0.2, 0) is 11.3 Å². The van der Waals surface area contributed by atoms with E-state index in [2.05, 4.69) is 25.8 Å². The lowest BCUT2D eigenvalue weighted by molar-refractivity contribution is 0.0600. The minimum Gasteiger partial charge on any atom is -0.467 e. The Morgan fingerprint density at radius 1 is 1.15 bits per heavy atom. The second kappa shape index (κ2) is 8.91. The van der Waals surface area contributed by atoms with Crippen molar-refractivity contribution in [3.63, 3.8) is 0 Å². The number of furan rings is 1. The number of rotatable bonds is 6. The quantitative estimate of drug-likeness (QED) is 0.339. The number of aromatic nitrogens is 2. The molecule has 7 nitrogen and oxygen atoms in total. The Labute approximate surface area is 196 Å². The van der Waals surface area contributed by atoms with Gasteiger partial charge in [-0.15, -0.1) is 0 Å². The van der Waals surface area contributed by atoms with Crippen LogP contribution in [0.25, 0.3) is 5.69 Å². The molecule has 1 fully saturated rings. The van der Waals surface area contributed by atoms with Crippen molar-refractivity contribution in [2.75, 3.05) is 7.11 Å². The average Bonchev–Trinajstić information content (AvgIpc) is 3.61. The van der Waals surface area contributed by atoms with Gasteiger partial charge in [-0.3, -0.25) is 4.98 Å². The summed E-state index contributed by atoms with van der Waals surface area (Å²) in [5, 5.41) is 4.08. The monoisotopic (exact) mass is 458 g/mol. The lowest BCUT2D eigenvalue weighted by Gasteiger charge is -2.28. The van der Waals surface area contributed by atoms with Crippen LogP contribution in [0.5, 0.6) is 0 Å². The lowest BCUT2D eigenvalue weighted by atomic mass is 10.0. The molecule has 0 radical (unpaired) electrons. The number of thiocarbonyl (C=S) groups is 1. The molecule has 1 aliphatic rings. The van der Waals surface area contributed by atoms with E-state index in [1.165, 1.54) is 7.11 Å². The summed E-state index contributed by atoms with van der Waals surface area (Å²) in [6.07, 6.45) is 5.42. The minimum absolute atomic E-state index is 0.158. The molecule has 1 N–H and O–H groups in total. The molecule has 0 spiro atoms. The topological polar surface area (TPSA) is 72.5 Å². The molecule has 33 heavy (non-hydrogen) atoms. The Morgan fingerprint density at radius 2 is 2.06 bits per heavy atom. The smallest absolute Gasteiger partial charge is 0.337 e. The first-order valence-corrected chi connectivity index (χ1v) is 10.9. The molecule has 0 saturated carbocycles. The van der Waals surface area contributed by atoms with Crippen molar-refractivity contribution in [3.8, 4) is 5.69 Å². The van der Waals surface area contributed by atoms with Crippen LogP contribution < -0.4 is 5.32 Å². The molecule has 3 aromatic heterocycles. The van der Waals surface area contributed by atoms with Crippen LogP contribution in [0.1, 0.15) is 39.6 Å². The predicted octanol–water partition coefficient (Wildman–Crippen LogP) is 4.42. The molecule has 0 unspecified atom stereocenters. The van der Waals surface area contributed by atoms with Gasteiger partial charge in [-0.25, -0.2) is 4.79 Å². The maximum atomic E-state index is 12.1. The van der Waals surface area contributed by atoms with Gasteiger partial charge in [0.2, 0.25) is 0 Å². The fourth-order valence-electron chi connectivity index (χ4n) is 4.24. The van der Waals surface area contributed by atoms with Crippen molar-refractivity contribution in [2.24, 2.45) is 0 Å². The fourth-order valence-corrected chi connectivity index (χ4v) is 4.54. The zero-order chi connectivity index (χ0) is 22.8. The number of benzene rings is 1. The van der Waals surface area contributed by atoms with Crippen molar-refractivity contribution < 1.29 is 13.9 Å². The van der Waals surface area contributed by atoms with Crippen molar-refractivity contribution in [2.45, 2.75) is 18.6 Å². The van der Waals surface area contributed by atoms with Gasteiger partial charge in [-0.05, 0) is 66.8 Å². The van der Waals surface area contributed by atoms with Crippen LogP contribution in [0.2, 0.25) is 0 Å². The number of hydrogen-bond acceptors (Lipinski definition) is 5. The number of hydrogen-bond donors (Lipinski definition) is 1. The molecule has 0 aliphatic carbocycles. The number of nitrogens with zero attached hydrogens (tertiary/aromatic N) is 3. The molecule has 0 bridgehead atoms. The van der Waals surface area contributed by atoms with E-state index < -0.39 is 0 Å². The third-order valence-corrected chi connectivity index (χ3v) is 6.09. The van der Waals surface area contributed by atoms with Crippen LogP contribution >= 0.6 is 12.2 Å². The summed E-state index contributed by atoms with van der Waals surface area (Å²) in [5.41, 5.74) is 3.24. The van der Waals surface area contributed by atoms with E-state index in [0.717, 1.165) is 22.8 Å². The lowest BCUT2D eigenvalue weighted by Crippen LogP contribution is -2.29. The van der Waals surface area contributed by atoms with E-state index in [-0.39, 0.29) is 18.1 Å². The van der Waals surface area contributed by atoms with E-state index >= 15 is 0 Å². The van der Waals surface area contributed by atoms with E-state index in [9.17, 15) is 4.79 Å². The number of carbonyl (C=O) groups excluding carboxylic acids is 1. The Balaban J connectivity index is 1.59. The van der Waals surface area contributed by atoms with Crippen LogP contribution in [-0.4, -0.2) is 32.6 Å². The molecular formula is C25H22N4O3S. The number of ether oxygens (including phenoxy) is 1. The zero-order valence-electron chi connectivity index (χ0n) is 17.9. The van der Waals surface area contributed by atoms with Gasteiger partial charge in [0.1, 0.15) is 5.76 Å². The van der Waals surface area contributed by atoms with Crippen molar-refractivity contribution in [1.82, 2.24) is 19.8 Å². The summed E-state index contributed by atoms with van der Waals surface area (Å²) < 4.78 is 12.6. The molecular weight excluding hydrogens is 436 g/mol. The van der Waals surface area contributed by atoms with Crippen LogP contribution in [0.15, 0.2) is 89.8 Å². The zero-order valence-corrected chi connectivity index (χ0v) is 18.7. The Bertz CT molecular complexity index is 1270. The summed E-state index contributed by atoms with van der Waals surface area (Å²) in [5.74, 6) is 0.441. The highest BCUT2D eigenvalue weighted by molar-refractivity contribution is 7.80. The van der Waals surface area contributed by atoms with E-state index in [1.807, 2.05) is 60.8 Å². The van der Waals surface area contributed by atoms with Crippen molar-refractivity contribution >= 4 is 23.3 Å². The largest absolute Gasteiger partial charge is 0.467 e. The van der Waals surface area contributed by atoms with Crippen LogP contribution in [0.3, 0.4) is 0 Å². The van der Waals surface area contributed by atoms with Gasteiger partial charge in [0.25, 0.3) is 0 Å². The highest BCUT2D eigenvalue weighted by atomic mass is 32.1. The Morgan fingerprint density at radius 3 is 2.82 bits per heavy atom. The number of methoxy groups -OCH3 is 1. The SMILES string of the molecule is COC(=O)c1cccc(-n2cccc2[C@@H]2[C@H](c3ccccn3)NC(=S)N2Cc2ccco2)c1. The molecule has 8 heteroatoms. The molecule has 4 aromatic rings. The molecule has 166 valence electrons. The highest BCUT2D eigenvalue weighted by Crippen LogP contribution is 2.40. The maximum Gasteiger partial charge on any atom is 0.337 e. The van der Waals surface area contributed by atoms with Gasteiger partial charge in [0, 0.05) is 23.8 Å². The first-order chi connectivity index (χ1) is 16.2. The molecule has 4 heterocycles. The van der Waals surface area contributed by atoms with Crippen molar-refractivity contribution in [3.05, 3.63) is 108 Å². The summed E-state index contributed by atoms with van der Waals surface area (Å²) in [4.78, 5) is 18.8. The van der Waals surface area contributed by atoms with E-state index in [0.29, 0.717) is 17.2 Å². The molecule has 2 atom stereocenters. The van der Waals surface area contributed by atoms with Gasteiger partial charge in [0.15, 0.2) is 5.11 Å². The standard InChI is InChI=1S/C25H22N4O3S/c1-31-24(30)17-7-4-8-18(15-17)28-13-5-11-21(28)23-22(20-10-2-3-12-26-20)27-25(33)29(23)16-19-9-6-14-32-19/h2-15,22-23H,16H2,1H3,(H,27,33)/t22-,23+/m0/s1. The molecule has 1 aromatic carbocycles. The van der Waals surface area contributed by atoms with Gasteiger partial charge < -0.3 is 23.9 Å². The summed E-state index contributed by atoms with van der Waals surface area (Å²) >= 11 is 5.75. The number of carbonyl (C=O) groups is 1. The highest BCUT2D eigenvalue weighted by Gasteiger charge is 2.41. The maximum absolute atomic E-state index is 12.1. The second-order valence-corrected chi connectivity index (χ2v) is 8.07. The fraction of sp³-hybridized carbons (Fsp3) is 0.160. The van der Waals surface area contributed by atoms with E-state index in [4.69, 9.17) is 21.4 Å². The first kappa shape index (κ1) is 21.0. The van der Waals surface area contributed by atoms with Crippen LogP contribution in [0.4, 0.5) is 0 Å². The average molecular weight is 459 g/mol.